The smallest absolute Gasteiger partial charge is 0.526 e. The topological polar surface area (TPSA) is 106 Å². The second-order valence-corrected chi connectivity index (χ2v) is 7.26. The van der Waals surface area contributed by atoms with E-state index in [2.05, 4.69) is 15.6 Å². The number of carbonyl (C=O) groups excluding carboxylic acids is 2. The third-order valence-electron chi connectivity index (χ3n) is 5.18. The molecule has 2 aromatic rings. The van der Waals surface area contributed by atoms with Gasteiger partial charge >= 0.3 is 7.12 Å². The number of ketones is 2. The molecule has 0 radical (unpaired) electrons. The van der Waals surface area contributed by atoms with Crippen LogP contribution in [0.25, 0.3) is 0 Å². The average Bonchev–Trinajstić information content (AvgIpc) is 3.00. The Balaban J connectivity index is 1.40. The standard InChI is InChI=1S/C18H21BN4O4/c1-11(24)16-4-2-3-12-5-14(19(26)27-18(12)16)6-15(25)9-23-10-17(21-22-23)13-7-20-8-13/h2-4,10,13-14,20,26H,5-9H2,1H3/t14-/m1/s1. The number of nitrogens with zero attached hydrogens (tertiary/aromatic N) is 3. The van der Waals surface area contributed by atoms with Crippen molar-refractivity contribution >= 4 is 18.7 Å². The summed E-state index contributed by atoms with van der Waals surface area (Å²) in [6.45, 7) is 3.36. The van der Waals surface area contributed by atoms with Gasteiger partial charge in [-0.15, -0.1) is 5.10 Å². The van der Waals surface area contributed by atoms with Crippen molar-refractivity contribution in [1.29, 1.82) is 0 Å². The van der Waals surface area contributed by atoms with Gasteiger partial charge in [0.25, 0.3) is 0 Å². The Hall–Kier alpha value is -2.52. The first kappa shape index (κ1) is 17.9. The molecule has 0 amide bonds. The van der Waals surface area contributed by atoms with Gasteiger partial charge in [0, 0.05) is 37.4 Å². The van der Waals surface area contributed by atoms with E-state index in [-0.39, 0.29) is 30.3 Å². The van der Waals surface area contributed by atoms with E-state index in [9.17, 15) is 14.6 Å². The number of fused-ring (bicyclic) bond motifs is 1. The summed E-state index contributed by atoms with van der Waals surface area (Å²) < 4.78 is 7.14. The highest BCUT2D eigenvalue weighted by Crippen LogP contribution is 2.36. The lowest BCUT2D eigenvalue weighted by Gasteiger charge is -2.28. The quantitative estimate of drug-likeness (QED) is 0.568. The lowest BCUT2D eigenvalue weighted by molar-refractivity contribution is -0.120. The number of Topliss-reactive ketones (excluding diaryl/α,β-unsaturated/α-hetero) is 2. The van der Waals surface area contributed by atoms with Crippen LogP contribution in [0.15, 0.2) is 24.4 Å². The van der Waals surface area contributed by atoms with Crippen LogP contribution in [0.3, 0.4) is 0 Å². The predicted octanol–water partition coefficient (Wildman–Crippen LogP) is 0.612. The van der Waals surface area contributed by atoms with Gasteiger partial charge in [-0.1, -0.05) is 17.3 Å². The van der Waals surface area contributed by atoms with E-state index in [0.717, 1.165) is 24.3 Å². The molecule has 1 aromatic carbocycles. The van der Waals surface area contributed by atoms with Crippen LogP contribution in [0.1, 0.15) is 40.9 Å². The van der Waals surface area contributed by atoms with Crippen LogP contribution in [0.2, 0.25) is 5.82 Å². The van der Waals surface area contributed by atoms with Gasteiger partial charge in [0.05, 0.1) is 11.3 Å². The molecule has 0 unspecified atom stereocenters. The summed E-state index contributed by atoms with van der Waals surface area (Å²) in [4.78, 5) is 24.2. The largest absolute Gasteiger partial charge is 0.535 e. The SMILES string of the molecule is CC(=O)c1cccc2c1OB(O)[C@@H](CC(=O)Cn1cc(C3CNC3)nn1)C2. The number of hydrogen-bond acceptors (Lipinski definition) is 7. The van der Waals surface area contributed by atoms with Gasteiger partial charge in [0.2, 0.25) is 0 Å². The summed E-state index contributed by atoms with van der Waals surface area (Å²) in [5.74, 6) is 0.283. The summed E-state index contributed by atoms with van der Waals surface area (Å²) in [7, 11) is -1.12. The molecule has 8 nitrogen and oxygen atoms in total. The fourth-order valence-electron chi connectivity index (χ4n) is 3.55. The normalized spacial score (nSPS) is 19.2. The first-order valence-electron chi connectivity index (χ1n) is 9.11. The minimum Gasteiger partial charge on any atom is -0.535 e. The van der Waals surface area contributed by atoms with Crippen molar-refractivity contribution in [3.05, 3.63) is 41.2 Å². The molecule has 2 aliphatic rings. The monoisotopic (exact) mass is 368 g/mol. The number of hydrogen-bond donors (Lipinski definition) is 2. The molecule has 2 N–H and O–H groups in total. The number of aromatic nitrogens is 3. The van der Waals surface area contributed by atoms with Crippen molar-refractivity contribution in [2.24, 2.45) is 0 Å². The maximum absolute atomic E-state index is 12.5. The van der Waals surface area contributed by atoms with Crippen molar-refractivity contribution in [2.45, 2.75) is 38.0 Å². The highest BCUT2D eigenvalue weighted by atomic mass is 16.5. The Bertz CT molecular complexity index is 880. The van der Waals surface area contributed by atoms with E-state index in [4.69, 9.17) is 4.65 Å². The molecule has 1 aromatic heterocycles. The Morgan fingerprint density at radius 1 is 1.41 bits per heavy atom. The van der Waals surface area contributed by atoms with Gasteiger partial charge in [0.1, 0.15) is 12.3 Å². The van der Waals surface area contributed by atoms with E-state index in [1.807, 2.05) is 12.3 Å². The van der Waals surface area contributed by atoms with Gasteiger partial charge in [-0.2, -0.15) is 0 Å². The molecule has 1 atom stereocenters. The van der Waals surface area contributed by atoms with Crippen molar-refractivity contribution in [1.82, 2.24) is 20.3 Å². The van der Waals surface area contributed by atoms with Crippen LogP contribution in [0.4, 0.5) is 0 Å². The third-order valence-corrected chi connectivity index (χ3v) is 5.18. The fourth-order valence-corrected chi connectivity index (χ4v) is 3.55. The van der Waals surface area contributed by atoms with Gasteiger partial charge in [-0.05, 0) is 25.0 Å². The van der Waals surface area contributed by atoms with Crippen LogP contribution in [-0.2, 0) is 17.8 Å². The van der Waals surface area contributed by atoms with E-state index in [1.165, 1.54) is 6.92 Å². The average molecular weight is 368 g/mol. The maximum atomic E-state index is 12.5. The minimum absolute atomic E-state index is 0.0444. The first-order chi connectivity index (χ1) is 13.0. The van der Waals surface area contributed by atoms with Crippen molar-refractivity contribution in [3.63, 3.8) is 0 Å². The van der Waals surface area contributed by atoms with Crippen LogP contribution in [-0.4, -0.2) is 51.8 Å². The molecule has 9 heteroatoms. The van der Waals surface area contributed by atoms with E-state index < -0.39 is 7.12 Å². The summed E-state index contributed by atoms with van der Waals surface area (Å²) in [6.07, 6.45) is 2.47. The zero-order valence-electron chi connectivity index (χ0n) is 15.1. The van der Waals surface area contributed by atoms with Gasteiger partial charge in [0.15, 0.2) is 11.6 Å². The molecule has 0 bridgehead atoms. The molecular formula is C18H21BN4O4. The Labute approximate surface area is 157 Å². The highest BCUT2D eigenvalue weighted by molar-refractivity contribution is 6.47. The van der Waals surface area contributed by atoms with Gasteiger partial charge in [-0.3, -0.25) is 9.59 Å². The predicted molar refractivity (Wildman–Crippen MR) is 97.8 cm³/mol. The highest BCUT2D eigenvalue weighted by Gasteiger charge is 2.37. The minimum atomic E-state index is -1.12. The van der Waals surface area contributed by atoms with Crippen molar-refractivity contribution in [2.75, 3.05) is 13.1 Å². The van der Waals surface area contributed by atoms with Crippen molar-refractivity contribution in [3.8, 4) is 5.75 Å². The van der Waals surface area contributed by atoms with Crippen LogP contribution in [0, 0.1) is 0 Å². The van der Waals surface area contributed by atoms with Gasteiger partial charge < -0.3 is 15.0 Å². The number of carbonyl (C=O) groups is 2. The maximum Gasteiger partial charge on any atom is 0.526 e. The molecule has 1 fully saturated rings. The van der Waals surface area contributed by atoms with E-state index in [0.29, 0.717) is 23.7 Å². The molecular weight excluding hydrogens is 347 g/mol. The summed E-state index contributed by atoms with van der Waals surface area (Å²) in [5, 5.41) is 21.7. The van der Waals surface area contributed by atoms with Crippen molar-refractivity contribution < 1.29 is 19.3 Å². The Kier molecular flexibility index (Phi) is 4.80. The number of nitrogens with one attached hydrogen (secondary N) is 1. The number of benzene rings is 1. The zero-order chi connectivity index (χ0) is 19.0. The molecule has 27 heavy (non-hydrogen) atoms. The summed E-state index contributed by atoms with van der Waals surface area (Å²) >= 11 is 0. The second kappa shape index (κ2) is 7.24. The number of rotatable bonds is 6. The lowest BCUT2D eigenvalue weighted by Crippen LogP contribution is -2.40. The molecule has 4 rings (SSSR count). The van der Waals surface area contributed by atoms with E-state index in [1.54, 1.807) is 16.8 Å². The molecule has 2 aliphatic heterocycles. The van der Waals surface area contributed by atoms with Crippen LogP contribution < -0.4 is 9.97 Å². The molecule has 1 saturated heterocycles. The first-order valence-corrected chi connectivity index (χ1v) is 9.11. The molecule has 140 valence electrons. The fraction of sp³-hybridized carbons (Fsp3) is 0.444. The van der Waals surface area contributed by atoms with Gasteiger partial charge in [-0.25, -0.2) is 4.68 Å². The Morgan fingerprint density at radius 2 is 2.22 bits per heavy atom. The summed E-state index contributed by atoms with van der Waals surface area (Å²) in [5.41, 5.74) is 2.19. The molecule has 0 aliphatic carbocycles. The second-order valence-electron chi connectivity index (χ2n) is 7.26. The lowest BCUT2D eigenvalue weighted by atomic mass is 9.64. The number of para-hydroxylation sites is 1. The van der Waals surface area contributed by atoms with Crippen LogP contribution in [0.5, 0.6) is 5.75 Å². The molecule has 0 saturated carbocycles. The molecule has 0 spiro atoms. The molecule has 3 heterocycles. The summed E-state index contributed by atoms with van der Waals surface area (Å²) in [6, 6.07) is 5.34. The van der Waals surface area contributed by atoms with E-state index >= 15 is 0 Å². The Morgan fingerprint density at radius 3 is 2.93 bits per heavy atom. The van der Waals surface area contributed by atoms with Crippen LogP contribution >= 0.6 is 0 Å². The third kappa shape index (κ3) is 3.65. The zero-order valence-corrected chi connectivity index (χ0v) is 15.1.